The normalized spacial score (nSPS) is 17.7. The van der Waals surface area contributed by atoms with Gasteiger partial charge in [0.15, 0.2) is 13.1 Å². The molecule has 0 spiro atoms. The molecule has 2 heterocycles. The Morgan fingerprint density at radius 1 is 0.921 bits per heavy atom. The third-order valence-corrected chi connectivity index (χ3v) is 7.07. The third kappa shape index (κ3) is 7.23. The lowest BCUT2D eigenvalue weighted by atomic mass is 9.99. The van der Waals surface area contributed by atoms with Gasteiger partial charge in [-0.25, -0.2) is 0 Å². The molecule has 2 fully saturated rings. The summed E-state index contributed by atoms with van der Waals surface area (Å²) in [5.74, 6) is 0.0648. The SMILES string of the molecule is OC(/C=C/c1ccc(Sc2cccc(OC3CCOCC3)c2)c(C(F)(F)F)c1C(F)(F)F)=[N+]1CCOCC1. The van der Waals surface area contributed by atoms with Crippen LogP contribution in [-0.4, -0.2) is 61.2 Å². The molecule has 1 N–H and O–H groups in total. The Balaban J connectivity index is 1.69. The van der Waals surface area contributed by atoms with Crippen LogP contribution in [0.25, 0.3) is 6.08 Å². The van der Waals surface area contributed by atoms with Crippen LogP contribution in [0.2, 0.25) is 0 Å². The summed E-state index contributed by atoms with van der Waals surface area (Å²) in [5.41, 5.74) is -4.29. The highest BCUT2D eigenvalue weighted by Gasteiger charge is 2.46. The lowest BCUT2D eigenvalue weighted by Crippen LogP contribution is -2.32. The first kappa shape index (κ1) is 28.3. The molecule has 2 aromatic rings. The lowest BCUT2D eigenvalue weighted by Gasteiger charge is -2.23. The molecule has 12 heteroatoms. The van der Waals surface area contributed by atoms with Crippen molar-refractivity contribution in [1.29, 1.82) is 0 Å². The van der Waals surface area contributed by atoms with Crippen LogP contribution in [0.3, 0.4) is 0 Å². The first-order valence-corrected chi connectivity index (χ1v) is 12.7. The number of aliphatic hydroxyl groups excluding tert-OH is 1. The quantitative estimate of drug-likeness (QED) is 0.249. The van der Waals surface area contributed by atoms with E-state index in [1.165, 1.54) is 16.7 Å². The predicted molar refractivity (Wildman–Crippen MR) is 129 cm³/mol. The van der Waals surface area contributed by atoms with Gasteiger partial charge in [0.1, 0.15) is 25.1 Å². The van der Waals surface area contributed by atoms with Crippen molar-refractivity contribution in [3.63, 3.8) is 0 Å². The number of ether oxygens (including phenoxy) is 3. The molecule has 0 saturated carbocycles. The molecule has 0 aliphatic carbocycles. The van der Waals surface area contributed by atoms with Gasteiger partial charge in [0.2, 0.25) is 0 Å². The molecule has 2 saturated heterocycles. The minimum absolute atomic E-state index is 0.108. The average molecular weight is 563 g/mol. The second-order valence-electron chi connectivity index (χ2n) is 8.70. The summed E-state index contributed by atoms with van der Waals surface area (Å²) in [4.78, 5) is -0.290. The topological polar surface area (TPSA) is 50.9 Å². The van der Waals surface area contributed by atoms with Crippen molar-refractivity contribution in [3.8, 4) is 5.75 Å². The maximum Gasteiger partial charge on any atom is 0.418 e. The monoisotopic (exact) mass is 562 g/mol. The van der Waals surface area contributed by atoms with E-state index >= 15 is 0 Å². The Bertz CT molecular complexity index is 1180. The number of nitrogens with zero attached hydrogens (tertiary/aromatic N) is 1. The summed E-state index contributed by atoms with van der Waals surface area (Å²) in [7, 11) is 0. The van der Waals surface area contributed by atoms with Crippen molar-refractivity contribution in [2.75, 3.05) is 39.5 Å². The van der Waals surface area contributed by atoms with Gasteiger partial charge in [-0.3, -0.25) is 0 Å². The van der Waals surface area contributed by atoms with E-state index in [0.717, 1.165) is 24.3 Å². The van der Waals surface area contributed by atoms with Gasteiger partial charge < -0.3 is 19.3 Å². The van der Waals surface area contributed by atoms with Gasteiger partial charge in [-0.05, 0) is 35.9 Å². The molecule has 2 aliphatic heterocycles. The second kappa shape index (κ2) is 12.0. The maximum atomic E-state index is 14.1. The zero-order chi connectivity index (χ0) is 27.3. The molecule has 2 aromatic carbocycles. The van der Waals surface area contributed by atoms with E-state index in [4.69, 9.17) is 14.2 Å². The van der Waals surface area contributed by atoms with E-state index in [1.54, 1.807) is 12.1 Å². The average Bonchev–Trinajstić information content (AvgIpc) is 2.87. The Hall–Kier alpha value is -2.70. The van der Waals surface area contributed by atoms with Crippen LogP contribution in [-0.2, 0) is 21.8 Å². The minimum Gasteiger partial charge on any atom is -0.490 e. The van der Waals surface area contributed by atoms with Crippen LogP contribution < -0.4 is 4.74 Å². The van der Waals surface area contributed by atoms with Gasteiger partial charge in [-0.15, -0.1) is 0 Å². The molecule has 38 heavy (non-hydrogen) atoms. The molecular formula is C26H26F6NO4S+. The first-order valence-electron chi connectivity index (χ1n) is 11.9. The van der Waals surface area contributed by atoms with Crippen molar-refractivity contribution < 1.29 is 50.2 Å². The van der Waals surface area contributed by atoms with E-state index in [9.17, 15) is 31.4 Å². The molecule has 5 nitrogen and oxygen atoms in total. The molecule has 0 radical (unpaired) electrons. The Labute approximate surface area is 219 Å². The number of hydrogen-bond donors (Lipinski definition) is 1. The third-order valence-electron chi connectivity index (χ3n) is 6.02. The van der Waals surface area contributed by atoms with Crippen LogP contribution in [0.15, 0.2) is 52.3 Å². The van der Waals surface area contributed by atoms with Crippen molar-refractivity contribution in [1.82, 2.24) is 0 Å². The number of halogens is 6. The molecule has 0 atom stereocenters. The molecule has 2 aliphatic rings. The number of morpholine rings is 1. The van der Waals surface area contributed by atoms with Gasteiger partial charge in [0.25, 0.3) is 0 Å². The summed E-state index contributed by atoms with van der Waals surface area (Å²) in [6.45, 7) is 2.33. The standard InChI is InChI=1S/C26H25F6NO4S/c27-25(28,29)23-17(5-7-22(34)33-10-14-36-15-11-33)4-6-21(24(23)26(30,31)32)38-20-3-1-2-19(16-20)37-18-8-12-35-13-9-18/h1-7,16,18H,8-15H2/p+1/b7-5+. The van der Waals surface area contributed by atoms with Gasteiger partial charge in [-0.1, -0.05) is 23.9 Å². The van der Waals surface area contributed by atoms with E-state index in [1.807, 2.05) is 0 Å². The number of rotatable bonds is 6. The molecule has 0 bridgehead atoms. The molecule has 206 valence electrons. The second-order valence-corrected chi connectivity index (χ2v) is 9.81. The van der Waals surface area contributed by atoms with Crippen LogP contribution >= 0.6 is 11.8 Å². The maximum absolute atomic E-state index is 14.1. The van der Waals surface area contributed by atoms with Crippen molar-refractivity contribution in [2.24, 2.45) is 0 Å². The van der Waals surface area contributed by atoms with Gasteiger partial charge in [0.05, 0.1) is 30.4 Å². The number of aliphatic hydroxyl groups is 1. The van der Waals surface area contributed by atoms with Gasteiger partial charge >= 0.3 is 18.3 Å². The van der Waals surface area contributed by atoms with Gasteiger partial charge in [-0.2, -0.15) is 30.9 Å². The zero-order valence-electron chi connectivity index (χ0n) is 20.1. The highest BCUT2D eigenvalue weighted by molar-refractivity contribution is 7.99. The van der Waals surface area contributed by atoms with Crippen LogP contribution in [0.4, 0.5) is 26.3 Å². The molecular weight excluding hydrogens is 536 g/mol. The fraction of sp³-hybridized carbons (Fsp3) is 0.423. The fourth-order valence-corrected chi connectivity index (χ4v) is 5.23. The largest absolute Gasteiger partial charge is 0.490 e. The summed E-state index contributed by atoms with van der Waals surface area (Å²) in [5, 5.41) is 10.2. The van der Waals surface area contributed by atoms with Gasteiger partial charge in [0, 0.05) is 22.6 Å². The lowest BCUT2D eigenvalue weighted by molar-refractivity contribution is -0.555. The number of alkyl halides is 6. The van der Waals surface area contributed by atoms with E-state index in [-0.39, 0.29) is 12.0 Å². The fourth-order valence-electron chi connectivity index (χ4n) is 4.20. The van der Waals surface area contributed by atoms with Crippen molar-refractivity contribution in [3.05, 3.63) is 59.2 Å². The smallest absolute Gasteiger partial charge is 0.418 e. The molecule has 0 amide bonds. The van der Waals surface area contributed by atoms with E-state index in [2.05, 4.69) is 0 Å². The first-order chi connectivity index (χ1) is 18.0. The van der Waals surface area contributed by atoms with Crippen LogP contribution in [0, 0.1) is 0 Å². The number of benzene rings is 2. The minimum atomic E-state index is -5.30. The van der Waals surface area contributed by atoms with E-state index in [0.29, 0.717) is 74.8 Å². The van der Waals surface area contributed by atoms with Crippen molar-refractivity contribution in [2.45, 2.75) is 41.1 Å². The Morgan fingerprint density at radius 2 is 1.58 bits per heavy atom. The summed E-state index contributed by atoms with van der Waals surface area (Å²) in [6.07, 6.45) is -7.55. The van der Waals surface area contributed by atoms with Crippen LogP contribution in [0.1, 0.15) is 29.5 Å². The summed E-state index contributed by atoms with van der Waals surface area (Å²) in [6, 6.07) is 8.24. The zero-order valence-corrected chi connectivity index (χ0v) is 21.0. The Morgan fingerprint density at radius 3 is 2.24 bits per heavy atom. The highest BCUT2D eigenvalue weighted by atomic mass is 32.2. The summed E-state index contributed by atoms with van der Waals surface area (Å²) < 4.78 is 103. The molecule has 0 unspecified atom stereocenters. The summed E-state index contributed by atoms with van der Waals surface area (Å²) >= 11 is 0.578. The van der Waals surface area contributed by atoms with E-state index < -0.39 is 33.9 Å². The van der Waals surface area contributed by atoms with Crippen LogP contribution in [0.5, 0.6) is 5.75 Å². The molecule has 0 aromatic heterocycles. The van der Waals surface area contributed by atoms with Crippen molar-refractivity contribution >= 4 is 23.7 Å². The number of hydrogen-bond acceptors (Lipinski definition) is 4. The predicted octanol–water partition coefficient (Wildman–Crippen LogP) is 6.45. The highest BCUT2D eigenvalue weighted by Crippen LogP contribution is 2.48. The molecule has 4 rings (SSSR count). The Kier molecular flexibility index (Phi) is 8.94.